The Balaban J connectivity index is 2.60. The van der Waals surface area contributed by atoms with Crippen LogP contribution < -0.4 is 10.7 Å². The fraction of sp³-hybridized carbons (Fsp3) is 0.400. The van der Waals surface area contributed by atoms with Crippen molar-refractivity contribution in [1.82, 2.24) is 24.9 Å². The summed E-state index contributed by atoms with van der Waals surface area (Å²) >= 11 is 0. The van der Waals surface area contributed by atoms with Crippen molar-refractivity contribution in [1.29, 1.82) is 0 Å². The van der Waals surface area contributed by atoms with Crippen LogP contribution >= 0.6 is 0 Å². The summed E-state index contributed by atoms with van der Waals surface area (Å²) in [5.41, 5.74) is 0.271. The van der Waals surface area contributed by atoms with Gasteiger partial charge in [0.05, 0.1) is 5.35 Å². The van der Waals surface area contributed by atoms with Gasteiger partial charge in [-0.05, 0) is 0 Å². The Hall–Kier alpha value is -1.98. The first-order chi connectivity index (χ1) is 7.54. The van der Waals surface area contributed by atoms with Crippen LogP contribution in [0.2, 0.25) is 0 Å². The molecule has 2 rings (SSSR count). The van der Waals surface area contributed by atoms with Gasteiger partial charge in [0.25, 0.3) is 11.7 Å². The minimum atomic E-state index is -0.275. The van der Waals surface area contributed by atoms with E-state index in [1.807, 2.05) is 13.8 Å². The maximum absolute atomic E-state index is 11.4. The van der Waals surface area contributed by atoms with Gasteiger partial charge < -0.3 is 5.32 Å². The minimum Gasteiger partial charge on any atom is -0.354 e. The fourth-order valence-corrected chi connectivity index (χ4v) is 1.38. The molecule has 2 heterocycles. The van der Waals surface area contributed by atoms with E-state index in [1.54, 1.807) is 7.05 Å². The Morgan fingerprint density at radius 3 is 2.62 bits per heavy atom. The Kier molecular flexibility index (Phi) is 2.34. The Bertz CT molecular complexity index is 586. The zero-order valence-electron chi connectivity index (χ0n) is 9.48. The zero-order chi connectivity index (χ0) is 11.9. The second-order valence-electron chi connectivity index (χ2n) is 3.82. The molecule has 1 amide bonds. The third-order valence-corrected chi connectivity index (χ3v) is 2.31. The standard InChI is InChI=1S/C10H13N5O/c1-5(2)8-13-10-12-7(9(16)11-4)6(3)15(10)14-8/h5H,3H2,1-2,4H3,(H,11,16). The monoisotopic (exact) mass is 219 g/mol. The summed E-state index contributed by atoms with van der Waals surface area (Å²) in [6.45, 7) is 7.78. The van der Waals surface area contributed by atoms with Gasteiger partial charge in [-0.25, -0.2) is 4.98 Å². The molecule has 6 heteroatoms. The van der Waals surface area contributed by atoms with Gasteiger partial charge in [-0.1, -0.05) is 20.4 Å². The maximum atomic E-state index is 11.4. The van der Waals surface area contributed by atoms with Crippen molar-refractivity contribution in [3.63, 3.8) is 0 Å². The van der Waals surface area contributed by atoms with Crippen molar-refractivity contribution < 1.29 is 4.79 Å². The number of carbonyl (C=O) groups is 1. The second-order valence-corrected chi connectivity index (χ2v) is 3.82. The average Bonchev–Trinajstić information content (AvgIpc) is 2.78. The molecule has 2 aromatic heterocycles. The third-order valence-electron chi connectivity index (χ3n) is 2.31. The highest BCUT2D eigenvalue weighted by atomic mass is 16.1. The van der Waals surface area contributed by atoms with E-state index in [1.165, 1.54) is 4.52 Å². The topological polar surface area (TPSA) is 72.2 Å². The molecule has 0 aliphatic rings. The molecule has 0 aliphatic heterocycles. The summed E-state index contributed by atoms with van der Waals surface area (Å²) in [6.07, 6.45) is 0. The van der Waals surface area contributed by atoms with Crippen molar-refractivity contribution in [2.45, 2.75) is 19.8 Å². The van der Waals surface area contributed by atoms with Gasteiger partial charge in [0.2, 0.25) is 0 Å². The van der Waals surface area contributed by atoms with Gasteiger partial charge in [-0.15, -0.1) is 5.10 Å². The maximum Gasteiger partial charge on any atom is 0.272 e. The van der Waals surface area contributed by atoms with E-state index in [2.05, 4.69) is 27.0 Å². The number of nitrogens with zero attached hydrogens (tertiary/aromatic N) is 4. The van der Waals surface area contributed by atoms with Crippen LogP contribution in [0.5, 0.6) is 0 Å². The highest BCUT2D eigenvalue weighted by Gasteiger charge is 2.16. The van der Waals surface area contributed by atoms with Crippen LogP contribution in [0.15, 0.2) is 0 Å². The molecule has 16 heavy (non-hydrogen) atoms. The molecule has 1 N–H and O–H groups in total. The lowest BCUT2D eigenvalue weighted by Gasteiger charge is -1.95. The predicted octanol–water partition coefficient (Wildman–Crippen LogP) is -0.264. The van der Waals surface area contributed by atoms with Crippen LogP contribution in [0.4, 0.5) is 0 Å². The number of hydrogen-bond acceptors (Lipinski definition) is 4. The van der Waals surface area contributed by atoms with Crippen molar-refractivity contribution >= 4 is 18.3 Å². The molecule has 0 bridgehead atoms. The molecule has 0 spiro atoms. The SMILES string of the molecule is C=c1c(C(=O)NC)nc2nc(C(C)C)nn12. The number of carbonyl (C=O) groups excluding carboxylic acids is 1. The normalized spacial score (nSPS) is 11.2. The second kappa shape index (κ2) is 3.55. The van der Waals surface area contributed by atoms with Crippen molar-refractivity contribution in [2.24, 2.45) is 0 Å². The molecule has 0 saturated heterocycles. The van der Waals surface area contributed by atoms with Crippen LogP contribution in [-0.4, -0.2) is 32.5 Å². The quantitative estimate of drug-likeness (QED) is 0.755. The Morgan fingerprint density at radius 1 is 1.44 bits per heavy atom. The van der Waals surface area contributed by atoms with Gasteiger partial charge in [0, 0.05) is 13.0 Å². The number of imidazole rings is 1. The first-order valence-corrected chi connectivity index (χ1v) is 5.02. The first kappa shape index (κ1) is 10.5. The largest absolute Gasteiger partial charge is 0.354 e. The summed E-state index contributed by atoms with van der Waals surface area (Å²) in [4.78, 5) is 19.8. The van der Waals surface area contributed by atoms with Crippen LogP contribution in [0.1, 0.15) is 36.1 Å². The van der Waals surface area contributed by atoms with Crippen LogP contribution in [-0.2, 0) is 0 Å². The summed E-state index contributed by atoms with van der Waals surface area (Å²) in [6, 6.07) is 0. The third kappa shape index (κ3) is 1.42. The molecule has 2 aromatic rings. The first-order valence-electron chi connectivity index (χ1n) is 5.02. The number of nitrogens with one attached hydrogen (secondary N) is 1. The van der Waals surface area contributed by atoms with Gasteiger partial charge in [-0.3, -0.25) is 4.79 Å². The molecule has 84 valence electrons. The van der Waals surface area contributed by atoms with Crippen LogP contribution in [0.25, 0.3) is 12.4 Å². The summed E-state index contributed by atoms with van der Waals surface area (Å²) in [7, 11) is 1.55. The highest BCUT2D eigenvalue weighted by molar-refractivity contribution is 5.92. The van der Waals surface area contributed by atoms with Crippen molar-refractivity contribution in [3.8, 4) is 0 Å². The Labute approximate surface area is 92.4 Å². The number of rotatable bonds is 2. The lowest BCUT2D eigenvalue weighted by atomic mass is 10.2. The van der Waals surface area contributed by atoms with E-state index in [4.69, 9.17) is 0 Å². The van der Waals surface area contributed by atoms with Gasteiger partial charge in [0.1, 0.15) is 0 Å². The lowest BCUT2D eigenvalue weighted by Crippen LogP contribution is -2.26. The molecule has 0 aliphatic carbocycles. The minimum absolute atomic E-state index is 0.226. The molecule has 0 aromatic carbocycles. The molecule has 6 nitrogen and oxygen atoms in total. The highest BCUT2D eigenvalue weighted by Crippen LogP contribution is 2.08. The molecule has 0 fully saturated rings. The molecular weight excluding hydrogens is 206 g/mol. The van der Waals surface area contributed by atoms with E-state index in [0.29, 0.717) is 17.0 Å². The Morgan fingerprint density at radius 2 is 2.12 bits per heavy atom. The fourth-order valence-electron chi connectivity index (χ4n) is 1.38. The van der Waals surface area contributed by atoms with Gasteiger partial charge in [0.15, 0.2) is 11.5 Å². The van der Waals surface area contributed by atoms with Crippen molar-refractivity contribution in [3.05, 3.63) is 16.9 Å². The van der Waals surface area contributed by atoms with Crippen LogP contribution in [0.3, 0.4) is 0 Å². The number of fused-ring (bicyclic) bond motifs is 1. The molecule has 0 atom stereocenters. The van der Waals surface area contributed by atoms with Gasteiger partial charge >= 0.3 is 0 Å². The number of hydrogen-bond donors (Lipinski definition) is 1. The van der Waals surface area contributed by atoms with Gasteiger partial charge in [-0.2, -0.15) is 9.50 Å². The molecule has 0 saturated carbocycles. The molecule has 0 unspecified atom stereocenters. The molecular formula is C10H13N5O. The summed E-state index contributed by atoms with van der Waals surface area (Å²) in [5, 5.41) is 7.22. The smallest absolute Gasteiger partial charge is 0.272 e. The van der Waals surface area contributed by atoms with Crippen LogP contribution in [0, 0.1) is 0 Å². The zero-order valence-corrected chi connectivity index (χ0v) is 9.48. The van der Waals surface area contributed by atoms with Crippen molar-refractivity contribution in [2.75, 3.05) is 7.05 Å². The van der Waals surface area contributed by atoms with E-state index >= 15 is 0 Å². The average molecular weight is 219 g/mol. The van der Waals surface area contributed by atoms with E-state index < -0.39 is 0 Å². The van der Waals surface area contributed by atoms with E-state index in [-0.39, 0.29) is 17.5 Å². The number of aromatic nitrogens is 4. The summed E-state index contributed by atoms with van der Waals surface area (Å²) < 4.78 is 1.50. The number of amides is 1. The predicted molar refractivity (Wildman–Crippen MR) is 59.0 cm³/mol. The van der Waals surface area contributed by atoms with E-state index in [0.717, 1.165) is 0 Å². The summed E-state index contributed by atoms with van der Waals surface area (Å²) in [5.74, 6) is 1.08. The van der Waals surface area contributed by atoms with E-state index in [9.17, 15) is 4.79 Å². The molecule has 0 radical (unpaired) electrons. The lowest BCUT2D eigenvalue weighted by molar-refractivity contribution is 0.0957.